The molecule has 0 aliphatic heterocycles. The SMILES string of the molecule is CC(C)(Br)C(=O)Oc1ccc(N=CC=Nc2ccc(OC(=O)C(C)(C)Br)cc2)cc1. The molecule has 0 spiro atoms. The van der Waals surface area contributed by atoms with Gasteiger partial charge in [0.2, 0.25) is 0 Å². The van der Waals surface area contributed by atoms with E-state index in [1.165, 1.54) is 0 Å². The normalized spacial score (nSPS) is 12.3. The Bertz CT molecular complexity index is 860. The molecule has 0 saturated heterocycles. The lowest BCUT2D eigenvalue weighted by atomic mass is 10.2. The summed E-state index contributed by atoms with van der Waals surface area (Å²) in [5.41, 5.74) is 1.39. The number of aliphatic imine (C=N–C) groups is 2. The molecular formula is C22H22Br2N2O4. The number of nitrogens with zero attached hydrogens (tertiary/aromatic N) is 2. The summed E-state index contributed by atoms with van der Waals surface area (Å²) >= 11 is 6.53. The summed E-state index contributed by atoms with van der Waals surface area (Å²) < 4.78 is 9.05. The molecule has 0 aliphatic rings. The van der Waals surface area contributed by atoms with Gasteiger partial charge in [0.15, 0.2) is 0 Å². The zero-order valence-electron chi connectivity index (χ0n) is 17.1. The molecule has 8 heteroatoms. The molecule has 2 rings (SSSR count). The Hall–Kier alpha value is -2.32. The Labute approximate surface area is 192 Å². The van der Waals surface area contributed by atoms with E-state index in [1.807, 2.05) is 0 Å². The first kappa shape index (κ1) is 24.0. The standard InChI is InChI=1S/C22H22Br2N2O4/c1-21(2,23)19(27)29-17-9-5-15(6-10-17)25-13-14-26-16-7-11-18(12-8-16)30-20(28)22(3,4)24/h5-14H,1-4H3. The zero-order chi connectivity index (χ0) is 22.4. The Balaban J connectivity index is 1.90. The summed E-state index contributed by atoms with van der Waals surface area (Å²) in [5, 5.41) is 0. The zero-order valence-corrected chi connectivity index (χ0v) is 20.2. The third-order valence-corrected chi connectivity index (χ3v) is 4.23. The second-order valence-corrected chi connectivity index (χ2v) is 11.2. The van der Waals surface area contributed by atoms with Crippen molar-refractivity contribution in [1.82, 2.24) is 0 Å². The van der Waals surface area contributed by atoms with Crippen LogP contribution in [-0.4, -0.2) is 33.0 Å². The van der Waals surface area contributed by atoms with Gasteiger partial charge >= 0.3 is 11.9 Å². The number of carbonyl (C=O) groups excluding carboxylic acids is 2. The Morgan fingerprint density at radius 1 is 0.700 bits per heavy atom. The van der Waals surface area contributed by atoms with Crippen molar-refractivity contribution in [2.45, 2.75) is 36.3 Å². The van der Waals surface area contributed by atoms with E-state index in [0.29, 0.717) is 22.9 Å². The van der Waals surface area contributed by atoms with Gasteiger partial charge in [0.05, 0.1) is 11.4 Å². The summed E-state index contributed by atoms with van der Waals surface area (Å²) in [7, 11) is 0. The lowest BCUT2D eigenvalue weighted by Gasteiger charge is -2.14. The number of halogens is 2. The van der Waals surface area contributed by atoms with E-state index in [9.17, 15) is 9.59 Å². The minimum Gasteiger partial charge on any atom is -0.426 e. The molecule has 0 saturated carbocycles. The van der Waals surface area contributed by atoms with E-state index in [4.69, 9.17) is 9.47 Å². The number of alkyl halides is 2. The maximum Gasteiger partial charge on any atom is 0.327 e. The highest BCUT2D eigenvalue weighted by Gasteiger charge is 2.26. The van der Waals surface area contributed by atoms with Gasteiger partial charge in [-0.3, -0.25) is 19.6 Å². The minimum atomic E-state index is -0.745. The highest BCUT2D eigenvalue weighted by atomic mass is 79.9. The summed E-state index contributed by atoms with van der Waals surface area (Å²) in [6.07, 6.45) is 3.12. The van der Waals surface area contributed by atoms with Crippen LogP contribution < -0.4 is 9.47 Å². The second kappa shape index (κ2) is 10.1. The fourth-order valence-corrected chi connectivity index (χ4v) is 2.06. The van der Waals surface area contributed by atoms with Crippen LogP contribution in [-0.2, 0) is 9.59 Å². The number of ether oxygens (including phenoxy) is 2. The lowest BCUT2D eigenvalue weighted by molar-refractivity contribution is -0.136. The number of benzene rings is 2. The topological polar surface area (TPSA) is 77.3 Å². The van der Waals surface area contributed by atoms with Gasteiger partial charge in [0.25, 0.3) is 0 Å². The van der Waals surface area contributed by atoms with Gasteiger partial charge in [0, 0.05) is 12.4 Å². The van der Waals surface area contributed by atoms with Crippen LogP contribution in [0.25, 0.3) is 0 Å². The number of hydrogen-bond acceptors (Lipinski definition) is 6. The van der Waals surface area contributed by atoms with Crippen molar-refractivity contribution >= 4 is 67.6 Å². The molecule has 2 aromatic carbocycles. The van der Waals surface area contributed by atoms with Crippen LogP contribution in [0.3, 0.4) is 0 Å². The third kappa shape index (κ3) is 7.84. The molecule has 158 valence electrons. The maximum absolute atomic E-state index is 11.8. The van der Waals surface area contributed by atoms with Crippen LogP contribution in [0.1, 0.15) is 27.7 Å². The molecule has 0 atom stereocenters. The summed E-state index contributed by atoms with van der Waals surface area (Å²) in [6, 6.07) is 13.7. The van der Waals surface area contributed by atoms with Gasteiger partial charge in [-0.25, -0.2) is 0 Å². The van der Waals surface area contributed by atoms with Gasteiger partial charge in [-0.1, -0.05) is 31.9 Å². The fraction of sp³-hybridized carbons (Fsp3) is 0.273. The van der Waals surface area contributed by atoms with Crippen molar-refractivity contribution in [1.29, 1.82) is 0 Å². The number of rotatable bonds is 7. The fourth-order valence-electron chi connectivity index (χ4n) is 1.90. The van der Waals surface area contributed by atoms with Crippen LogP contribution in [0.2, 0.25) is 0 Å². The average Bonchev–Trinajstić information content (AvgIpc) is 2.66. The van der Waals surface area contributed by atoms with Gasteiger partial charge in [-0.15, -0.1) is 0 Å². The van der Waals surface area contributed by atoms with Crippen LogP contribution in [0.5, 0.6) is 11.5 Å². The maximum atomic E-state index is 11.8. The Morgan fingerprint density at radius 3 is 1.27 bits per heavy atom. The Morgan fingerprint density at radius 2 is 1.00 bits per heavy atom. The monoisotopic (exact) mass is 536 g/mol. The molecule has 0 aromatic heterocycles. The average molecular weight is 538 g/mol. The third-order valence-electron chi connectivity index (χ3n) is 3.58. The molecule has 0 amide bonds. The molecule has 0 fully saturated rings. The highest BCUT2D eigenvalue weighted by Crippen LogP contribution is 2.24. The highest BCUT2D eigenvalue weighted by molar-refractivity contribution is 9.10. The van der Waals surface area contributed by atoms with Crippen molar-refractivity contribution in [2.75, 3.05) is 0 Å². The largest absolute Gasteiger partial charge is 0.426 e. The lowest BCUT2D eigenvalue weighted by Crippen LogP contribution is -2.29. The van der Waals surface area contributed by atoms with Gasteiger partial charge in [-0.2, -0.15) is 0 Å². The molecule has 0 aliphatic carbocycles. The van der Waals surface area contributed by atoms with E-state index < -0.39 is 8.65 Å². The Kier molecular flexibility index (Phi) is 8.09. The summed E-state index contributed by atoms with van der Waals surface area (Å²) in [4.78, 5) is 32.2. The predicted octanol–water partition coefficient (Wildman–Crippen LogP) is 5.95. The molecule has 6 nitrogen and oxygen atoms in total. The van der Waals surface area contributed by atoms with E-state index in [1.54, 1.807) is 88.7 Å². The first-order chi connectivity index (χ1) is 13.9. The van der Waals surface area contributed by atoms with Crippen LogP contribution >= 0.6 is 31.9 Å². The van der Waals surface area contributed by atoms with Gasteiger partial charge < -0.3 is 9.47 Å². The first-order valence-electron chi connectivity index (χ1n) is 9.04. The molecular weight excluding hydrogens is 516 g/mol. The van der Waals surface area contributed by atoms with E-state index >= 15 is 0 Å². The van der Waals surface area contributed by atoms with E-state index in [-0.39, 0.29) is 11.9 Å². The molecule has 0 radical (unpaired) electrons. The molecule has 0 bridgehead atoms. The predicted molar refractivity (Wildman–Crippen MR) is 126 cm³/mol. The van der Waals surface area contributed by atoms with Crippen LogP contribution in [0.15, 0.2) is 58.5 Å². The summed E-state index contributed by atoms with van der Waals surface area (Å²) in [5.74, 6) is 0.151. The van der Waals surface area contributed by atoms with Crippen molar-refractivity contribution < 1.29 is 19.1 Å². The molecule has 30 heavy (non-hydrogen) atoms. The van der Waals surface area contributed by atoms with Gasteiger partial charge in [0.1, 0.15) is 20.1 Å². The van der Waals surface area contributed by atoms with Crippen LogP contribution in [0.4, 0.5) is 11.4 Å². The van der Waals surface area contributed by atoms with Crippen LogP contribution in [0, 0.1) is 0 Å². The van der Waals surface area contributed by atoms with Crippen molar-refractivity contribution in [3.05, 3.63) is 48.5 Å². The second-order valence-electron chi connectivity index (χ2n) is 7.27. The van der Waals surface area contributed by atoms with Crippen molar-refractivity contribution in [2.24, 2.45) is 9.98 Å². The molecule has 0 unspecified atom stereocenters. The number of esters is 2. The van der Waals surface area contributed by atoms with E-state index in [0.717, 1.165) is 0 Å². The molecule has 0 heterocycles. The van der Waals surface area contributed by atoms with Gasteiger partial charge in [-0.05, 0) is 76.2 Å². The summed E-state index contributed by atoms with van der Waals surface area (Å²) in [6.45, 7) is 6.88. The van der Waals surface area contributed by atoms with E-state index in [2.05, 4.69) is 41.8 Å². The number of carbonyl (C=O) groups is 2. The smallest absolute Gasteiger partial charge is 0.327 e. The number of hydrogen-bond donors (Lipinski definition) is 0. The molecule has 0 N–H and O–H groups in total. The first-order valence-corrected chi connectivity index (χ1v) is 10.6. The minimum absolute atomic E-state index is 0.373. The molecule has 2 aromatic rings. The van der Waals surface area contributed by atoms with Crippen molar-refractivity contribution in [3.63, 3.8) is 0 Å². The van der Waals surface area contributed by atoms with Crippen molar-refractivity contribution in [3.8, 4) is 11.5 Å². The quantitative estimate of drug-likeness (QED) is 0.189.